The van der Waals surface area contributed by atoms with Crippen molar-refractivity contribution in [1.82, 2.24) is 10.3 Å². The molecule has 0 spiro atoms. The van der Waals surface area contributed by atoms with Gasteiger partial charge < -0.3 is 8.83 Å². The number of nitrogens with zero attached hydrogens (tertiary/aromatic N) is 2. The standard InChI is InChI=1S/C32H44N2O3/c1-5-7-9-11-13-15-17-25-21-29(35-23(25)3)27-19-20-28(32-31(27)33-37-34-32)30-22-26(24(4)36-30)18-16-14-12-10-8-6-2/h19-22H,5-18H2,1-4H3. The predicted octanol–water partition coefficient (Wildman–Crippen LogP) is 10.2. The van der Waals surface area contributed by atoms with E-state index in [1.54, 1.807) is 0 Å². The molecule has 37 heavy (non-hydrogen) atoms. The summed E-state index contributed by atoms with van der Waals surface area (Å²) in [6.07, 6.45) is 17.6. The van der Waals surface area contributed by atoms with Gasteiger partial charge in [0.2, 0.25) is 0 Å². The highest BCUT2D eigenvalue weighted by Crippen LogP contribution is 2.37. The summed E-state index contributed by atoms with van der Waals surface area (Å²) in [4.78, 5) is 0. The van der Waals surface area contributed by atoms with E-state index >= 15 is 0 Å². The molecule has 200 valence electrons. The van der Waals surface area contributed by atoms with Gasteiger partial charge in [0.1, 0.15) is 34.1 Å². The van der Waals surface area contributed by atoms with Gasteiger partial charge in [0.15, 0.2) is 0 Å². The summed E-state index contributed by atoms with van der Waals surface area (Å²) in [5.74, 6) is 3.62. The monoisotopic (exact) mass is 504 g/mol. The molecule has 0 amide bonds. The molecule has 0 unspecified atom stereocenters. The average Bonchev–Trinajstić information content (AvgIpc) is 3.62. The summed E-state index contributed by atoms with van der Waals surface area (Å²) >= 11 is 0. The summed E-state index contributed by atoms with van der Waals surface area (Å²) < 4.78 is 17.6. The van der Waals surface area contributed by atoms with Crippen LogP contribution in [0.4, 0.5) is 0 Å². The fourth-order valence-corrected chi connectivity index (χ4v) is 5.26. The third kappa shape index (κ3) is 6.94. The number of fused-ring (bicyclic) bond motifs is 1. The highest BCUT2D eigenvalue weighted by Gasteiger charge is 2.20. The molecule has 0 saturated carbocycles. The van der Waals surface area contributed by atoms with Crippen molar-refractivity contribution < 1.29 is 13.5 Å². The zero-order valence-electron chi connectivity index (χ0n) is 23.3. The topological polar surface area (TPSA) is 65.2 Å². The van der Waals surface area contributed by atoms with E-state index < -0.39 is 0 Å². The minimum absolute atomic E-state index is 0.712. The third-order valence-electron chi connectivity index (χ3n) is 7.59. The maximum Gasteiger partial charge on any atom is 0.146 e. The van der Waals surface area contributed by atoms with Crippen LogP contribution < -0.4 is 0 Å². The van der Waals surface area contributed by atoms with Crippen LogP contribution in [-0.2, 0) is 12.8 Å². The maximum atomic E-state index is 6.19. The van der Waals surface area contributed by atoms with Gasteiger partial charge in [0.05, 0.1) is 0 Å². The lowest BCUT2D eigenvalue weighted by atomic mass is 10.0. The molecule has 0 radical (unpaired) electrons. The summed E-state index contributed by atoms with van der Waals surface area (Å²) in [7, 11) is 0. The number of hydrogen-bond acceptors (Lipinski definition) is 5. The Balaban J connectivity index is 1.46. The van der Waals surface area contributed by atoms with Gasteiger partial charge >= 0.3 is 0 Å². The molecular formula is C32H44N2O3. The SMILES string of the molecule is CCCCCCCCc1cc(-c2ccc(-c3cc(CCCCCCCC)c(C)o3)c3nonc23)oc1C. The zero-order chi connectivity index (χ0) is 26.0. The lowest BCUT2D eigenvalue weighted by Crippen LogP contribution is -1.86. The van der Waals surface area contributed by atoms with Crippen LogP contribution in [0.15, 0.2) is 37.7 Å². The van der Waals surface area contributed by atoms with E-state index in [9.17, 15) is 0 Å². The molecule has 3 heterocycles. The highest BCUT2D eigenvalue weighted by molar-refractivity contribution is 5.98. The molecule has 3 aromatic heterocycles. The Labute approximate surface area is 222 Å². The quantitative estimate of drug-likeness (QED) is 0.142. The lowest BCUT2D eigenvalue weighted by Gasteiger charge is -2.01. The van der Waals surface area contributed by atoms with E-state index in [1.807, 2.05) is 0 Å². The van der Waals surface area contributed by atoms with Gasteiger partial charge in [0, 0.05) is 11.1 Å². The number of hydrogen-bond donors (Lipinski definition) is 0. The van der Waals surface area contributed by atoms with E-state index in [2.05, 4.69) is 62.3 Å². The first-order valence-electron chi connectivity index (χ1n) is 14.6. The van der Waals surface area contributed by atoms with Crippen molar-refractivity contribution in [2.24, 2.45) is 0 Å². The van der Waals surface area contributed by atoms with Gasteiger partial charge in [-0.2, -0.15) is 0 Å². The van der Waals surface area contributed by atoms with Crippen molar-refractivity contribution in [2.45, 2.75) is 118 Å². The smallest absolute Gasteiger partial charge is 0.146 e. The fraction of sp³-hybridized carbons (Fsp3) is 0.562. The van der Waals surface area contributed by atoms with Gasteiger partial charge in [-0.3, -0.25) is 0 Å². The van der Waals surface area contributed by atoms with Crippen LogP contribution in [-0.4, -0.2) is 10.3 Å². The van der Waals surface area contributed by atoms with Gasteiger partial charge in [-0.1, -0.05) is 78.1 Å². The Bertz CT molecular complexity index is 1150. The second kappa shape index (κ2) is 13.6. The normalized spacial score (nSPS) is 11.7. The number of benzene rings is 1. The molecule has 0 bridgehead atoms. The van der Waals surface area contributed by atoms with E-state index in [-0.39, 0.29) is 0 Å². The Morgan fingerprint density at radius 2 is 0.973 bits per heavy atom. The Morgan fingerprint density at radius 1 is 0.568 bits per heavy atom. The number of unbranched alkanes of at least 4 members (excludes halogenated alkanes) is 10. The average molecular weight is 505 g/mol. The minimum Gasteiger partial charge on any atom is -0.461 e. The second-order valence-electron chi connectivity index (χ2n) is 10.5. The van der Waals surface area contributed by atoms with Crippen molar-refractivity contribution in [2.75, 3.05) is 0 Å². The molecule has 0 N–H and O–H groups in total. The number of furan rings is 2. The Hall–Kier alpha value is -2.82. The van der Waals surface area contributed by atoms with E-state index in [4.69, 9.17) is 13.5 Å². The van der Waals surface area contributed by atoms with Gasteiger partial charge in [-0.05, 0) is 85.2 Å². The first-order valence-corrected chi connectivity index (χ1v) is 14.6. The molecule has 5 nitrogen and oxygen atoms in total. The van der Waals surface area contributed by atoms with Crippen molar-refractivity contribution in [3.8, 4) is 22.6 Å². The molecule has 5 heteroatoms. The number of rotatable bonds is 16. The lowest BCUT2D eigenvalue weighted by molar-refractivity contribution is 0.315. The molecule has 0 aliphatic carbocycles. The number of aromatic nitrogens is 2. The predicted molar refractivity (Wildman–Crippen MR) is 151 cm³/mol. The first kappa shape index (κ1) is 27.2. The van der Waals surface area contributed by atoms with Crippen LogP contribution in [0.25, 0.3) is 33.7 Å². The van der Waals surface area contributed by atoms with Crippen LogP contribution in [0.1, 0.15) is 114 Å². The number of aryl methyl sites for hydroxylation is 4. The molecule has 0 aliphatic rings. The van der Waals surface area contributed by atoms with Crippen molar-refractivity contribution in [1.29, 1.82) is 0 Å². The molecule has 0 aliphatic heterocycles. The van der Waals surface area contributed by atoms with Crippen LogP contribution >= 0.6 is 0 Å². The largest absolute Gasteiger partial charge is 0.461 e. The van der Waals surface area contributed by atoms with E-state index in [0.29, 0.717) is 11.0 Å². The van der Waals surface area contributed by atoms with Crippen molar-refractivity contribution in [3.63, 3.8) is 0 Å². The molecule has 0 fully saturated rings. The van der Waals surface area contributed by atoms with E-state index in [1.165, 1.54) is 88.2 Å². The van der Waals surface area contributed by atoms with Crippen LogP contribution in [0.2, 0.25) is 0 Å². The summed E-state index contributed by atoms with van der Waals surface area (Å²) in [6.45, 7) is 8.63. The van der Waals surface area contributed by atoms with Gasteiger partial charge in [0.25, 0.3) is 0 Å². The minimum atomic E-state index is 0.712. The first-order chi connectivity index (χ1) is 18.1. The Kier molecular flexibility index (Phi) is 10.0. The van der Waals surface area contributed by atoms with E-state index in [0.717, 1.165) is 47.0 Å². The van der Waals surface area contributed by atoms with Crippen LogP contribution in [0.5, 0.6) is 0 Å². The van der Waals surface area contributed by atoms with Crippen LogP contribution in [0.3, 0.4) is 0 Å². The highest BCUT2D eigenvalue weighted by atomic mass is 16.6. The second-order valence-corrected chi connectivity index (χ2v) is 10.5. The fourth-order valence-electron chi connectivity index (χ4n) is 5.26. The summed E-state index contributed by atoms with van der Waals surface area (Å²) in [5, 5.41) is 8.50. The third-order valence-corrected chi connectivity index (χ3v) is 7.59. The van der Waals surface area contributed by atoms with Crippen molar-refractivity contribution in [3.05, 3.63) is 46.9 Å². The molecule has 4 aromatic rings. The Morgan fingerprint density at radius 3 is 1.41 bits per heavy atom. The molecular weight excluding hydrogens is 460 g/mol. The molecule has 0 saturated heterocycles. The van der Waals surface area contributed by atoms with Crippen molar-refractivity contribution >= 4 is 11.0 Å². The zero-order valence-corrected chi connectivity index (χ0v) is 23.3. The summed E-state index contributed by atoms with van der Waals surface area (Å²) in [6, 6.07) is 8.44. The van der Waals surface area contributed by atoms with Gasteiger partial charge in [-0.15, -0.1) is 0 Å². The molecule has 4 rings (SSSR count). The molecule has 1 aromatic carbocycles. The molecule has 0 atom stereocenters. The maximum absolute atomic E-state index is 6.19. The van der Waals surface area contributed by atoms with Crippen LogP contribution in [0, 0.1) is 13.8 Å². The summed E-state index contributed by atoms with van der Waals surface area (Å²) in [5.41, 5.74) is 5.80. The van der Waals surface area contributed by atoms with Gasteiger partial charge in [-0.25, -0.2) is 4.63 Å².